The van der Waals surface area contributed by atoms with Gasteiger partial charge in [0.2, 0.25) is 5.75 Å². The van der Waals surface area contributed by atoms with Gasteiger partial charge in [-0.25, -0.2) is 0 Å². The minimum atomic E-state index is -0.477. The van der Waals surface area contributed by atoms with Crippen LogP contribution in [0.2, 0.25) is 0 Å². The van der Waals surface area contributed by atoms with Crippen LogP contribution in [-0.2, 0) is 0 Å². The predicted octanol–water partition coefficient (Wildman–Crippen LogP) is 4.17. The fourth-order valence-corrected chi connectivity index (χ4v) is 2.16. The Bertz CT molecular complexity index is 644. The summed E-state index contributed by atoms with van der Waals surface area (Å²) in [7, 11) is 0. The fraction of sp³-hybridized carbons (Fsp3) is 0.143. The summed E-state index contributed by atoms with van der Waals surface area (Å²) in [6.45, 7) is 1.86. The molecule has 20 heavy (non-hydrogen) atoms. The first-order chi connectivity index (χ1) is 9.49. The highest BCUT2D eigenvalue weighted by atomic mass is 79.9. The van der Waals surface area contributed by atoms with Crippen molar-refractivity contribution in [2.75, 3.05) is 0 Å². The van der Waals surface area contributed by atoms with Gasteiger partial charge in [-0.15, -0.1) is 0 Å². The first kappa shape index (κ1) is 14.5. The molecule has 104 valence electrons. The zero-order valence-corrected chi connectivity index (χ0v) is 12.3. The smallest absolute Gasteiger partial charge is 0.312 e. The van der Waals surface area contributed by atoms with Gasteiger partial charge in [-0.1, -0.05) is 18.2 Å². The molecule has 5 nitrogen and oxygen atoms in total. The Balaban J connectivity index is 2.40. The molecule has 0 amide bonds. The Morgan fingerprint density at radius 1 is 1.30 bits per heavy atom. The number of nitrogens with zero attached hydrogens (tertiary/aromatic N) is 1. The molecule has 0 saturated heterocycles. The molecule has 2 aromatic carbocycles. The molecule has 1 atom stereocenters. The van der Waals surface area contributed by atoms with Gasteiger partial charge in [0.05, 0.1) is 9.40 Å². The number of hydrogen-bond donors (Lipinski definition) is 1. The number of rotatable bonds is 4. The van der Waals surface area contributed by atoms with E-state index in [0.717, 1.165) is 5.56 Å². The number of para-hydroxylation sites is 1. The summed E-state index contributed by atoms with van der Waals surface area (Å²) >= 11 is 3.27. The number of hydrogen-bond acceptors (Lipinski definition) is 4. The van der Waals surface area contributed by atoms with Crippen molar-refractivity contribution in [1.82, 2.24) is 0 Å². The van der Waals surface area contributed by atoms with Crippen LogP contribution in [0.15, 0.2) is 46.9 Å². The largest absolute Gasteiger partial charge is 0.449 e. The topological polar surface area (TPSA) is 78.4 Å². The Hall–Kier alpha value is -1.92. The SMILES string of the molecule is CC(N)c1cccc(Oc2c(Br)cccc2[N+](=O)[O-])c1. The van der Waals surface area contributed by atoms with Crippen LogP contribution in [0.4, 0.5) is 5.69 Å². The molecule has 0 spiro atoms. The molecule has 1 unspecified atom stereocenters. The Morgan fingerprint density at radius 3 is 2.65 bits per heavy atom. The van der Waals surface area contributed by atoms with E-state index < -0.39 is 4.92 Å². The third kappa shape index (κ3) is 3.15. The number of halogens is 1. The highest BCUT2D eigenvalue weighted by molar-refractivity contribution is 9.10. The van der Waals surface area contributed by atoms with Crippen molar-refractivity contribution in [3.05, 3.63) is 62.6 Å². The standard InChI is InChI=1S/C14H13BrN2O3/c1-9(16)10-4-2-5-11(8-10)20-14-12(15)6-3-7-13(14)17(18)19/h2-9H,16H2,1H3. The lowest BCUT2D eigenvalue weighted by molar-refractivity contribution is -0.385. The lowest BCUT2D eigenvalue weighted by Crippen LogP contribution is -2.04. The molecule has 0 saturated carbocycles. The Kier molecular flexibility index (Phi) is 4.36. The molecule has 0 aliphatic heterocycles. The number of nitro benzene ring substituents is 1. The second kappa shape index (κ2) is 6.02. The van der Waals surface area contributed by atoms with Crippen LogP contribution >= 0.6 is 15.9 Å². The maximum absolute atomic E-state index is 11.0. The van der Waals surface area contributed by atoms with Crippen LogP contribution in [0.25, 0.3) is 0 Å². The van der Waals surface area contributed by atoms with E-state index in [1.54, 1.807) is 30.3 Å². The first-order valence-corrected chi connectivity index (χ1v) is 6.74. The molecular weight excluding hydrogens is 324 g/mol. The summed E-state index contributed by atoms with van der Waals surface area (Å²) in [5, 5.41) is 11.0. The summed E-state index contributed by atoms with van der Waals surface area (Å²) in [5.74, 6) is 0.689. The molecule has 0 radical (unpaired) electrons. The number of benzene rings is 2. The Morgan fingerprint density at radius 2 is 2.00 bits per heavy atom. The van der Waals surface area contributed by atoms with Gasteiger partial charge in [0, 0.05) is 12.1 Å². The third-order valence-corrected chi connectivity index (χ3v) is 3.37. The number of nitro groups is 1. The lowest BCUT2D eigenvalue weighted by atomic mass is 10.1. The molecule has 0 aliphatic carbocycles. The van der Waals surface area contributed by atoms with Gasteiger partial charge in [-0.3, -0.25) is 10.1 Å². The van der Waals surface area contributed by atoms with Crippen LogP contribution in [0.3, 0.4) is 0 Å². The van der Waals surface area contributed by atoms with Crippen LogP contribution < -0.4 is 10.5 Å². The fourth-order valence-electron chi connectivity index (χ4n) is 1.72. The van der Waals surface area contributed by atoms with E-state index in [9.17, 15) is 10.1 Å². The van der Waals surface area contributed by atoms with E-state index in [2.05, 4.69) is 15.9 Å². The van der Waals surface area contributed by atoms with Crippen LogP contribution in [-0.4, -0.2) is 4.92 Å². The number of ether oxygens (including phenoxy) is 1. The molecule has 0 fully saturated rings. The zero-order valence-electron chi connectivity index (χ0n) is 10.7. The van der Waals surface area contributed by atoms with Crippen molar-refractivity contribution in [2.45, 2.75) is 13.0 Å². The van der Waals surface area contributed by atoms with Gasteiger partial charge < -0.3 is 10.5 Å². The molecule has 6 heteroatoms. The van der Waals surface area contributed by atoms with Crippen molar-refractivity contribution < 1.29 is 9.66 Å². The molecule has 0 bridgehead atoms. The van der Waals surface area contributed by atoms with Gasteiger partial charge in [0.25, 0.3) is 0 Å². The maximum atomic E-state index is 11.0. The van der Waals surface area contributed by atoms with Crippen LogP contribution in [0.1, 0.15) is 18.5 Å². The van der Waals surface area contributed by atoms with E-state index in [1.165, 1.54) is 6.07 Å². The van der Waals surface area contributed by atoms with Gasteiger partial charge in [-0.2, -0.15) is 0 Å². The van der Waals surface area contributed by atoms with Gasteiger partial charge in [-0.05, 0) is 46.6 Å². The molecule has 2 N–H and O–H groups in total. The van der Waals surface area contributed by atoms with Crippen molar-refractivity contribution in [3.63, 3.8) is 0 Å². The monoisotopic (exact) mass is 336 g/mol. The van der Waals surface area contributed by atoms with E-state index in [4.69, 9.17) is 10.5 Å². The summed E-state index contributed by atoms with van der Waals surface area (Å²) in [6, 6.07) is 11.7. The van der Waals surface area contributed by atoms with Crippen molar-refractivity contribution in [3.8, 4) is 11.5 Å². The van der Waals surface area contributed by atoms with Gasteiger partial charge in [0.1, 0.15) is 5.75 Å². The van der Waals surface area contributed by atoms with Gasteiger partial charge in [0.15, 0.2) is 0 Å². The predicted molar refractivity (Wildman–Crippen MR) is 79.9 cm³/mol. The normalized spacial score (nSPS) is 11.9. The Labute approximate surface area is 124 Å². The van der Waals surface area contributed by atoms with Crippen molar-refractivity contribution in [1.29, 1.82) is 0 Å². The first-order valence-electron chi connectivity index (χ1n) is 5.95. The minimum absolute atomic E-state index is 0.0921. The second-order valence-corrected chi connectivity index (χ2v) is 5.16. The van der Waals surface area contributed by atoms with E-state index in [0.29, 0.717) is 10.2 Å². The maximum Gasteiger partial charge on any atom is 0.312 e. The molecular formula is C14H13BrN2O3. The highest BCUT2D eigenvalue weighted by Crippen LogP contribution is 2.38. The van der Waals surface area contributed by atoms with Crippen molar-refractivity contribution >= 4 is 21.6 Å². The molecule has 0 aromatic heterocycles. The van der Waals surface area contributed by atoms with Crippen LogP contribution in [0.5, 0.6) is 11.5 Å². The lowest BCUT2D eigenvalue weighted by Gasteiger charge is -2.11. The average molecular weight is 337 g/mol. The minimum Gasteiger partial charge on any atom is -0.449 e. The molecule has 0 aliphatic rings. The molecule has 2 aromatic rings. The number of nitrogens with two attached hydrogens (primary N) is 1. The summed E-state index contributed by atoms with van der Waals surface area (Å²) in [4.78, 5) is 10.5. The van der Waals surface area contributed by atoms with E-state index >= 15 is 0 Å². The van der Waals surface area contributed by atoms with Crippen molar-refractivity contribution in [2.24, 2.45) is 5.73 Å². The van der Waals surface area contributed by atoms with E-state index in [1.807, 2.05) is 13.0 Å². The van der Waals surface area contributed by atoms with Gasteiger partial charge >= 0.3 is 5.69 Å². The van der Waals surface area contributed by atoms with E-state index in [-0.39, 0.29) is 17.5 Å². The average Bonchev–Trinajstić information content (AvgIpc) is 2.41. The van der Waals surface area contributed by atoms with Crippen LogP contribution in [0, 0.1) is 10.1 Å². The summed E-state index contributed by atoms with van der Waals surface area (Å²) in [5.41, 5.74) is 6.62. The molecule has 2 rings (SSSR count). The third-order valence-electron chi connectivity index (χ3n) is 2.75. The zero-order chi connectivity index (χ0) is 14.7. The highest BCUT2D eigenvalue weighted by Gasteiger charge is 2.18. The summed E-state index contributed by atoms with van der Waals surface area (Å²) < 4.78 is 6.17. The quantitative estimate of drug-likeness (QED) is 0.671. The molecule has 0 heterocycles. The second-order valence-electron chi connectivity index (χ2n) is 4.31. The summed E-state index contributed by atoms with van der Waals surface area (Å²) in [6.07, 6.45) is 0.